The number of amides is 2. The number of nitrogens with zero attached hydrogens (tertiary/aromatic N) is 1. The van der Waals surface area contributed by atoms with Crippen molar-refractivity contribution in [2.45, 2.75) is 26.3 Å². The number of ether oxygens (including phenoxy) is 3. The van der Waals surface area contributed by atoms with E-state index in [0.29, 0.717) is 17.1 Å². The molecular weight excluding hydrogens is 286 g/mol. The molecule has 1 saturated heterocycles. The summed E-state index contributed by atoms with van der Waals surface area (Å²) in [5, 5.41) is 0. The standard InChI is InChI=1S/C16H21NO5/c1-10(2)13-9-22-16(19)17(13)15(18)7-11-5-6-12(20-3)8-14(11)21-4/h5-6,8,10,13H,7,9H2,1-4H3/t13-/m0/s1. The SMILES string of the molecule is COc1ccc(CC(=O)N2C(=O)OC[C@H]2C(C)C)c(OC)c1. The molecule has 0 N–H and O–H groups in total. The number of benzene rings is 1. The summed E-state index contributed by atoms with van der Waals surface area (Å²) < 4.78 is 15.4. The minimum absolute atomic E-state index is 0.0749. The van der Waals surface area contributed by atoms with Crippen LogP contribution in [-0.4, -0.2) is 43.8 Å². The van der Waals surface area contributed by atoms with Gasteiger partial charge in [-0.25, -0.2) is 9.69 Å². The number of hydrogen-bond donors (Lipinski definition) is 0. The number of methoxy groups -OCH3 is 2. The van der Waals surface area contributed by atoms with Crippen molar-refractivity contribution in [3.8, 4) is 11.5 Å². The first kappa shape index (κ1) is 16.1. The van der Waals surface area contributed by atoms with Gasteiger partial charge >= 0.3 is 6.09 Å². The topological polar surface area (TPSA) is 65.1 Å². The van der Waals surface area contributed by atoms with E-state index in [-0.39, 0.29) is 30.9 Å². The van der Waals surface area contributed by atoms with Gasteiger partial charge < -0.3 is 14.2 Å². The fourth-order valence-electron chi connectivity index (χ4n) is 2.46. The van der Waals surface area contributed by atoms with E-state index >= 15 is 0 Å². The number of hydrogen-bond acceptors (Lipinski definition) is 5. The second-order valence-corrected chi connectivity index (χ2v) is 5.51. The van der Waals surface area contributed by atoms with Crippen LogP contribution in [0.25, 0.3) is 0 Å². The van der Waals surface area contributed by atoms with Crippen LogP contribution in [0.5, 0.6) is 11.5 Å². The Balaban J connectivity index is 2.19. The third kappa shape index (κ3) is 3.16. The molecule has 0 bridgehead atoms. The second kappa shape index (κ2) is 6.68. The molecule has 2 amide bonds. The van der Waals surface area contributed by atoms with Gasteiger partial charge in [0.2, 0.25) is 5.91 Å². The van der Waals surface area contributed by atoms with E-state index in [0.717, 1.165) is 0 Å². The van der Waals surface area contributed by atoms with Gasteiger partial charge in [-0.05, 0) is 12.0 Å². The fraction of sp³-hybridized carbons (Fsp3) is 0.500. The van der Waals surface area contributed by atoms with E-state index in [4.69, 9.17) is 14.2 Å². The minimum atomic E-state index is -0.573. The second-order valence-electron chi connectivity index (χ2n) is 5.51. The lowest BCUT2D eigenvalue weighted by molar-refractivity contribution is -0.129. The number of carbonyl (C=O) groups excluding carboxylic acids is 2. The van der Waals surface area contributed by atoms with Crippen LogP contribution < -0.4 is 9.47 Å². The Hall–Kier alpha value is -2.24. The van der Waals surface area contributed by atoms with Crippen LogP contribution in [0.4, 0.5) is 4.79 Å². The van der Waals surface area contributed by atoms with Gasteiger partial charge in [-0.3, -0.25) is 4.79 Å². The van der Waals surface area contributed by atoms with Gasteiger partial charge in [-0.2, -0.15) is 0 Å². The number of carbonyl (C=O) groups is 2. The first-order valence-corrected chi connectivity index (χ1v) is 7.17. The van der Waals surface area contributed by atoms with Crippen LogP contribution in [0, 0.1) is 5.92 Å². The number of rotatable bonds is 5. The summed E-state index contributed by atoms with van der Waals surface area (Å²) in [6.07, 6.45) is -0.498. The van der Waals surface area contributed by atoms with Crippen molar-refractivity contribution in [1.29, 1.82) is 0 Å². The Bertz CT molecular complexity index is 570. The highest BCUT2D eigenvalue weighted by molar-refractivity contribution is 5.94. The molecule has 1 heterocycles. The molecule has 22 heavy (non-hydrogen) atoms. The van der Waals surface area contributed by atoms with Crippen molar-refractivity contribution in [1.82, 2.24) is 4.90 Å². The van der Waals surface area contributed by atoms with Gasteiger partial charge in [0.1, 0.15) is 18.1 Å². The average Bonchev–Trinajstić information content (AvgIpc) is 2.89. The molecule has 0 aromatic heterocycles. The predicted molar refractivity (Wildman–Crippen MR) is 80.1 cm³/mol. The van der Waals surface area contributed by atoms with Crippen molar-refractivity contribution in [3.05, 3.63) is 23.8 Å². The summed E-state index contributed by atoms with van der Waals surface area (Å²) in [6, 6.07) is 5.02. The molecule has 1 aromatic rings. The van der Waals surface area contributed by atoms with Crippen LogP contribution in [0.2, 0.25) is 0 Å². The van der Waals surface area contributed by atoms with Crippen LogP contribution in [0.3, 0.4) is 0 Å². The molecule has 0 saturated carbocycles. The maximum Gasteiger partial charge on any atom is 0.416 e. The molecule has 0 aliphatic carbocycles. The van der Waals surface area contributed by atoms with E-state index in [9.17, 15) is 9.59 Å². The molecule has 1 atom stereocenters. The largest absolute Gasteiger partial charge is 0.497 e. The molecule has 120 valence electrons. The van der Waals surface area contributed by atoms with Gasteiger partial charge in [0.25, 0.3) is 0 Å². The van der Waals surface area contributed by atoms with Crippen molar-refractivity contribution >= 4 is 12.0 Å². The highest BCUT2D eigenvalue weighted by atomic mass is 16.6. The quantitative estimate of drug-likeness (QED) is 0.835. The minimum Gasteiger partial charge on any atom is -0.497 e. The average molecular weight is 307 g/mol. The zero-order chi connectivity index (χ0) is 16.3. The van der Waals surface area contributed by atoms with Crippen molar-refractivity contribution in [2.75, 3.05) is 20.8 Å². The van der Waals surface area contributed by atoms with Crippen molar-refractivity contribution < 1.29 is 23.8 Å². The first-order valence-electron chi connectivity index (χ1n) is 7.17. The summed E-state index contributed by atoms with van der Waals surface area (Å²) in [6.45, 7) is 4.17. The summed E-state index contributed by atoms with van der Waals surface area (Å²) >= 11 is 0. The van der Waals surface area contributed by atoms with Crippen molar-refractivity contribution in [3.63, 3.8) is 0 Å². The lowest BCUT2D eigenvalue weighted by atomic mass is 10.0. The summed E-state index contributed by atoms with van der Waals surface area (Å²) in [5.74, 6) is 1.06. The van der Waals surface area contributed by atoms with E-state index in [1.54, 1.807) is 25.3 Å². The lowest BCUT2D eigenvalue weighted by Gasteiger charge is -2.22. The Kier molecular flexibility index (Phi) is 4.90. The van der Waals surface area contributed by atoms with Gasteiger partial charge in [0.15, 0.2) is 0 Å². The molecule has 6 heteroatoms. The Morgan fingerprint density at radius 1 is 1.36 bits per heavy atom. The zero-order valence-electron chi connectivity index (χ0n) is 13.3. The van der Waals surface area contributed by atoms with Crippen LogP contribution in [-0.2, 0) is 16.0 Å². The van der Waals surface area contributed by atoms with Gasteiger partial charge in [0.05, 0.1) is 26.7 Å². The molecule has 1 aliphatic heterocycles. The third-order valence-corrected chi connectivity index (χ3v) is 3.78. The van der Waals surface area contributed by atoms with E-state index < -0.39 is 6.09 Å². The summed E-state index contributed by atoms with van der Waals surface area (Å²) in [4.78, 5) is 25.5. The monoisotopic (exact) mass is 307 g/mol. The van der Waals surface area contributed by atoms with Crippen LogP contribution in [0.1, 0.15) is 19.4 Å². The highest BCUT2D eigenvalue weighted by Crippen LogP contribution is 2.27. The lowest BCUT2D eigenvalue weighted by Crippen LogP contribution is -2.42. The molecule has 0 radical (unpaired) electrons. The molecular formula is C16H21NO5. The normalized spacial score (nSPS) is 17.6. The predicted octanol–water partition coefficient (Wildman–Crippen LogP) is 2.25. The summed E-state index contributed by atoms with van der Waals surface area (Å²) in [7, 11) is 3.09. The summed E-state index contributed by atoms with van der Waals surface area (Å²) in [5.41, 5.74) is 0.704. The van der Waals surface area contributed by atoms with Gasteiger partial charge in [-0.15, -0.1) is 0 Å². The number of imide groups is 1. The molecule has 1 aliphatic rings. The van der Waals surface area contributed by atoms with Crippen LogP contribution in [0.15, 0.2) is 18.2 Å². The Morgan fingerprint density at radius 2 is 2.09 bits per heavy atom. The highest BCUT2D eigenvalue weighted by Gasteiger charge is 2.39. The van der Waals surface area contributed by atoms with E-state index in [1.165, 1.54) is 12.0 Å². The third-order valence-electron chi connectivity index (χ3n) is 3.78. The van der Waals surface area contributed by atoms with Gasteiger partial charge in [-0.1, -0.05) is 19.9 Å². The molecule has 6 nitrogen and oxygen atoms in total. The van der Waals surface area contributed by atoms with Crippen LogP contribution >= 0.6 is 0 Å². The Labute approximate surface area is 129 Å². The Morgan fingerprint density at radius 3 is 2.68 bits per heavy atom. The molecule has 2 rings (SSSR count). The van der Waals surface area contributed by atoms with Gasteiger partial charge in [0, 0.05) is 11.6 Å². The maximum atomic E-state index is 12.5. The molecule has 1 aromatic carbocycles. The van der Waals surface area contributed by atoms with Crippen molar-refractivity contribution in [2.24, 2.45) is 5.92 Å². The van der Waals surface area contributed by atoms with E-state index in [2.05, 4.69) is 0 Å². The molecule has 0 unspecified atom stereocenters. The maximum absolute atomic E-state index is 12.5. The zero-order valence-corrected chi connectivity index (χ0v) is 13.3. The number of cyclic esters (lactones) is 1. The fourth-order valence-corrected chi connectivity index (χ4v) is 2.46. The van der Waals surface area contributed by atoms with E-state index in [1.807, 2.05) is 13.8 Å². The molecule has 1 fully saturated rings. The smallest absolute Gasteiger partial charge is 0.416 e. The molecule has 0 spiro atoms. The first-order chi connectivity index (χ1) is 10.5.